The number of carbonyl (C=O) groups is 1. The molecule has 2 rings (SSSR count). The van der Waals surface area contributed by atoms with E-state index in [0.717, 1.165) is 44.7 Å². The van der Waals surface area contributed by atoms with Crippen molar-refractivity contribution in [3.63, 3.8) is 0 Å². The zero-order valence-corrected chi connectivity index (χ0v) is 13.4. The van der Waals surface area contributed by atoms with Crippen LogP contribution in [0.3, 0.4) is 0 Å². The molecule has 4 nitrogen and oxygen atoms in total. The molecule has 1 aliphatic carbocycles. The Labute approximate surface area is 123 Å². The molecule has 0 bridgehead atoms. The summed E-state index contributed by atoms with van der Waals surface area (Å²) in [6, 6.07) is 0.191. The van der Waals surface area contributed by atoms with E-state index in [0.29, 0.717) is 12.5 Å². The van der Waals surface area contributed by atoms with Crippen LogP contribution in [0.2, 0.25) is 0 Å². The van der Waals surface area contributed by atoms with Gasteiger partial charge >= 0.3 is 6.03 Å². The van der Waals surface area contributed by atoms with E-state index in [1.807, 2.05) is 16.8 Å². The predicted molar refractivity (Wildman–Crippen MR) is 82.5 cm³/mol. The zero-order valence-electron chi connectivity index (χ0n) is 13.4. The Morgan fingerprint density at radius 3 is 2.45 bits per heavy atom. The van der Waals surface area contributed by atoms with Crippen molar-refractivity contribution in [2.75, 3.05) is 26.7 Å². The van der Waals surface area contributed by atoms with Gasteiger partial charge in [0.15, 0.2) is 0 Å². The van der Waals surface area contributed by atoms with E-state index in [9.17, 15) is 4.79 Å². The minimum Gasteiger partial charge on any atom is -0.328 e. The molecular weight excluding hydrogens is 250 g/mol. The predicted octanol–water partition coefficient (Wildman–Crippen LogP) is 2.68. The number of rotatable bonds is 2. The molecule has 1 saturated carbocycles. The van der Waals surface area contributed by atoms with Crippen molar-refractivity contribution in [2.45, 2.75) is 57.9 Å². The van der Waals surface area contributed by atoms with E-state index >= 15 is 0 Å². The highest BCUT2D eigenvalue weighted by atomic mass is 16.2. The van der Waals surface area contributed by atoms with Gasteiger partial charge in [0, 0.05) is 26.7 Å². The van der Waals surface area contributed by atoms with E-state index in [-0.39, 0.29) is 11.6 Å². The lowest BCUT2D eigenvalue weighted by molar-refractivity contribution is 0.0592. The molecule has 2 fully saturated rings. The van der Waals surface area contributed by atoms with Crippen molar-refractivity contribution in [1.82, 2.24) is 9.80 Å². The number of likely N-dealkylation sites (N-methyl/N-ethyl adjacent to an activating group) is 1. The second-order valence-electron chi connectivity index (χ2n) is 7.14. The number of nitrogens with two attached hydrogens (primary N) is 1. The number of carbonyl (C=O) groups excluding carboxylic acids is 1. The summed E-state index contributed by atoms with van der Waals surface area (Å²) < 4.78 is 0. The average molecular weight is 281 g/mol. The van der Waals surface area contributed by atoms with Crippen LogP contribution in [0.1, 0.15) is 52.4 Å². The summed E-state index contributed by atoms with van der Waals surface area (Å²) in [5, 5.41) is 0. The van der Waals surface area contributed by atoms with Crippen LogP contribution in [0.25, 0.3) is 0 Å². The topological polar surface area (TPSA) is 49.6 Å². The lowest BCUT2D eigenvalue weighted by Crippen LogP contribution is -2.60. The van der Waals surface area contributed by atoms with Crippen LogP contribution in [-0.2, 0) is 0 Å². The van der Waals surface area contributed by atoms with Gasteiger partial charge in [-0.25, -0.2) is 4.79 Å². The Bertz CT molecular complexity index is 339. The standard InChI is InChI=1S/C16H31N3O/c1-13-6-9-19(10-7-13)15(20)18(3)16(12-17)8-4-5-14(2)11-16/h13-14H,4-12,17H2,1-3H3. The Hall–Kier alpha value is -0.770. The first-order valence-electron chi connectivity index (χ1n) is 8.21. The highest BCUT2D eigenvalue weighted by Gasteiger charge is 2.41. The van der Waals surface area contributed by atoms with Gasteiger partial charge in [0.05, 0.1) is 5.54 Å². The number of nitrogens with zero attached hydrogens (tertiary/aromatic N) is 2. The normalized spacial score (nSPS) is 32.2. The van der Waals surface area contributed by atoms with Gasteiger partial charge in [0.2, 0.25) is 0 Å². The molecule has 2 N–H and O–H groups in total. The maximum Gasteiger partial charge on any atom is 0.320 e. The highest BCUT2D eigenvalue weighted by Crippen LogP contribution is 2.36. The van der Waals surface area contributed by atoms with Crippen molar-refractivity contribution in [3.05, 3.63) is 0 Å². The van der Waals surface area contributed by atoms with Crippen LogP contribution in [-0.4, -0.2) is 48.1 Å². The molecule has 2 amide bonds. The molecule has 20 heavy (non-hydrogen) atoms. The number of hydrogen-bond donors (Lipinski definition) is 1. The molecule has 4 heteroatoms. The molecule has 1 aliphatic heterocycles. The molecule has 2 unspecified atom stereocenters. The third-order valence-corrected chi connectivity index (χ3v) is 5.50. The first-order chi connectivity index (χ1) is 9.48. The maximum absolute atomic E-state index is 12.8. The highest BCUT2D eigenvalue weighted by molar-refractivity contribution is 5.75. The van der Waals surface area contributed by atoms with Crippen LogP contribution in [0, 0.1) is 11.8 Å². The van der Waals surface area contributed by atoms with Crippen LogP contribution in [0.5, 0.6) is 0 Å². The molecule has 0 spiro atoms. The fraction of sp³-hybridized carbons (Fsp3) is 0.938. The first-order valence-corrected chi connectivity index (χ1v) is 8.21. The number of amides is 2. The monoisotopic (exact) mass is 281 g/mol. The summed E-state index contributed by atoms with van der Waals surface area (Å²) in [5.74, 6) is 1.42. The minimum atomic E-state index is -0.113. The molecule has 0 aromatic heterocycles. The van der Waals surface area contributed by atoms with Gasteiger partial charge in [-0.05, 0) is 37.5 Å². The SMILES string of the molecule is CC1CCN(C(=O)N(C)C2(CN)CCCC(C)C2)CC1. The summed E-state index contributed by atoms with van der Waals surface area (Å²) in [5.41, 5.74) is 5.97. The van der Waals surface area contributed by atoms with Gasteiger partial charge in [-0.1, -0.05) is 26.7 Å². The van der Waals surface area contributed by atoms with Gasteiger partial charge in [-0.15, -0.1) is 0 Å². The molecule has 0 aromatic carbocycles. The molecule has 2 atom stereocenters. The lowest BCUT2D eigenvalue weighted by Gasteiger charge is -2.48. The van der Waals surface area contributed by atoms with Gasteiger partial charge < -0.3 is 15.5 Å². The van der Waals surface area contributed by atoms with Gasteiger partial charge in [0.1, 0.15) is 0 Å². The summed E-state index contributed by atoms with van der Waals surface area (Å²) in [7, 11) is 1.96. The van der Waals surface area contributed by atoms with E-state index in [1.54, 1.807) is 0 Å². The molecule has 0 aromatic rings. The lowest BCUT2D eigenvalue weighted by atomic mass is 9.75. The molecule has 1 heterocycles. The third-order valence-electron chi connectivity index (χ3n) is 5.50. The average Bonchev–Trinajstić information content (AvgIpc) is 2.46. The van der Waals surface area contributed by atoms with Gasteiger partial charge in [0.25, 0.3) is 0 Å². The number of piperidine rings is 1. The van der Waals surface area contributed by atoms with E-state index in [1.165, 1.54) is 12.8 Å². The minimum absolute atomic E-state index is 0.113. The largest absolute Gasteiger partial charge is 0.328 e. The van der Waals surface area contributed by atoms with E-state index < -0.39 is 0 Å². The molecule has 1 saturated heterocycles. The molecule has 2 aliphatic rings. The zero-order chi connectivity index (χ0) is 14.8. The van der Waals surface area contributed by atoms with Crippen molar-refractivity contribution in [1.29, 1.82) is 0 Å². The smallest absolute Gasteiger partial charge is 0.320 e. The Kier molecular flexibility index (Phi) is 4.95. The summed E-state index contributed by atoms with van der Waals surface area (Å²) >= 11 is 0. The quantitative estimate of drug-likeness (QED) is 0.846. The number of urea groups is 1. The Balaban J connectivity index is 2.04. The van der Waals surface area contributed by atoms with Crippen LogP contribution in [0.4, 0.5) is 4.79 Å². The second-order valence-corrected chi connectivity index (χ2v) is 7.14. The number of hydrogen-bond acceptors (Lipinski definition) is 2. The third kappa shape index (κ3) is 3.11. The van der Waals surface area contributed by atoms with E-state index in [4.69, 9.17) is 5.73 Å². The van der Waals surface area contributed by atoms with Crippen molar-refractivity contribution in [3.8, 4) is 0 Å². The molecule has 116 valence electrons. The maximum atomic E-state index is 12.8. The van der Waals surface area contributed by atoms with Gasteiger partial charge in [-0.3, -0.25) is 0 Å². The Morgan fingerprint density at radius 2 is 1.90 bits per heavy atom. The van der Waals surface area contributed by atoms with Gasteiger partial charge in [-0.2, -0.15) is 0 Å². The van der Waals surface area contributed by atoms with Crippen LogP contribution >= 0.6 is 0 Å². The summed E-state index contributed by atoms with van der Waals surface area (Å²) in [4.78, 5) is 16.8. The summed E-state index contributed by atoms with van der Waals surface area (Å²) in [6.45, 7) is 6.95. The first kappa shape index (κ1) is 15.6. The Morgan fingerprint density at radius 1 is 1.25 bits per heavy atom. The van der Waals surface area contributed by atoms with Crippen molar-refractivity contribution < 1.29 is 4.79 Å². The van der Waals surface area contributed by atoms with E-state index in [2.05, 4.69) is 13.8 Å². The fourth-order valence-corrected chi connectivity index (χ4v) is 3.87. The summed E-state index contributed by atoms with van der Waals surface area (Å²) in [6.07, 6.45) is 6.82. The van der Waals surface area contributed by atoms with Crippen molar-refractivity contribution >= 4 is 6.03 Å². The number of likely N-dealkylation sites (tertiary alicyclic amines) is 1. The van der Waals surface area contributed by atoms with Crippen LogP contribution < -0.4 is 5.73 Å². The second kappa shape index (κ2) is 6.33. The van der Waals surface area contributed by atoms with Crippen molar-refractivity contribution in [2.24, 2.45) is 17.6 Å². The van der Waals surface area contributed by atoms with Crippen LogP contribution in [0.15, 0.2) is 0 Å². The fourth-order valence-electron chi connectivity index (χ4n) is 3.87. The molecular formula is C16H31N3O. The molecule has 0 radical (unpaired) electrons.